The van der Waals surface area contributed by atoms with E-state index in [2.05, 4.69) is 15.5 Å². The Balaban J connectivity index is 1.34. The van der Waals surface area contributed by atoms with Crippen molar-refractivity contribution < 1.29 is 18.8 Å². The van der Waals surface area contributed by atoms with Crippen LogP contribution in [0.5, 0.6) is 0 Å². The van der Waals surface area contributed by atoms with Crippen molar-refractivity contribution in [3.05, 3.63) is 64.9 Å². The summed E-state index contributed by atoms with van der Waals surface area (Å²) in [5.41, 5.74) is 2.77. The Bertz CT molecular complexity index is 992. The predicted molar refractivity (Wildman–Crippen MR) is 108 cm³/mol. The molecule has 1 N–H and O–H groups in total. The van der Waals surface area contributed by atoms with E-state index in [0.29, 0.717) is 31.9 Å². The summed E-state index contributed by atoms with van der Waals surface area (Å²) in [4.78, 5) is 32.3. The van der Waals surface area contributed by atoms with Gasteiger partial charge in [-0.1, -0.05) is 35.5 Å². The fourth-order valence-corrected chi connectivity index (χ4v) is 3.33. The van der Waals surface area contributed by atoms with Crippen LogP contribution in [0.2, 0.25) is 0 Å². The molecule has 30 heavy (non-hydrogen) atoms. The highest BCUT2D eigenvalue weighted by Gasteiger charge is 2.32. The highest BCUT2D eigenvalue weighted by molar-refractivity contribution is 6.00. The number of rotatable bonds is 6. The van der Waals surface area contributed by atoms with E-state index in [4.69, 9.17) is 9.26 Å². The molecule has 2 aliphatic heterocycles. The number of carbonyl (C=O) groups is 2. The number of benzene rings is 1. The van der Waals surface area contributed by atoms with Gasteiger partial charge in [0.2, 0.25) is 5.76 Å². The second kappa shape index (κ2) is 8.40. The number of aromatic nitrogens is 1. The van der Waals surface area contributed by atoms with E-state index in [-0.39, 0.29) is 17.7 Å². The molecular weight excluding hydrogens is 386 g/mol. The summed E-state index contributed by atoms with van der Waals surface area (Å²) < 4.78 is 10.7. The molecule has 3 heterocycles. The zero-order chi connectivity index (χ0) is 21.1. The maximum atomic E-state index is 12.6. The number of amidine groups is 1. The van der Waals surface area contributed by atoms with Crippen LogP contribution in [0.15, 0.2) is 51.8 Å². The molecule has 0 saturated heterocycles. The van der Waals surface area contributed by atoms with Crippen molar-refractivity contribution in [1.29, 1.82) is 0 Å². The van der Waals surface area contributed by atoms with Crippen LogP contribution in [0.3, 0.4) is 0 Å². The third-order valence-corrected chi connectivity index (χ3v) is 5.09. The first-order valence-corrected chi connectivity index (χ1v) is 9.79. The van der Waals surface area contributed by atoms with E-state index < -0.39 is 6.03 Å². The predicted octanol–water partition coefficient (Wildman–Crippen LogP) is 2.12. The van der Waals surface area contributed by atoms with Gasteiger partial charge in [-0.15, -0.1) is 4.99 Å². The zero-order valence-electron chi connectivity index (χ0n) is 16.9. The van der Waals surface area contributed by atoms with Gasteiger partial charge in [-0.3, -0.25) is 9.69 Å². The Kier molecular flexibility index (Phi) is 5.51. The van der Waals surface area contributed by atoms with E-state index in [1.807, 2.05) is 44.2 Å². The number of nitrogens with one attached hydrogen (secondary N) is 1. The quantitative estimate of drug-likeness (QED) is 0.784. The molecular formula is C21H23N5O4. The third kappa shape index (κ3) is 4.19. The van der Waals surface area contributed by atoms with Crippen LogP contribution >= 0.6 is 0 Å². The standard InChI is InChI=1S/C21H23N5O4/c1-14-17(15(2)30-24-14)12-25-10-11-26-13-18(29-21(26)23-20(25)28)19(27)22-9-8-16-6-4-3-5-7-16/h3-7,13H,8-12H2,1-2H3,(H,22,27). The SMILES string of the molecule is Cc1noc(C)c1CN1CCN2C=C(C(=O)NCCc3ccccc3)OC2=NC1=O. The van der Waals surface area contributed by atoms with Gasteiger partial charge in [0, 0.05) is 25.2 Å². The Hall–Kier alpha value is -3.62. The first-order valence-electron chi connectivity index (χ1n) is 9.79. The largest absolute Gasteiger partial charge is 0.418 e. The Labute approximate surface area is 174 Å². The first-order chi connectivity index (χ1) is 14.5. The van der Waals surface area contributed by atoms with Gasteiger partial charge in [0.15, 0.2) is 0 Å². The number of urea groups is 1. The minimum absolute atomic E-state index is 0.120. The summed E-state index contributed by atoms with van der Waals surface area (Å²) in [7, 11) is 0. The van der Waals surface area contributed by atoms with Crippen molar-refractivity contribution in [3.63, 3.8) is 0 Å². The van der Waals surface area contributed by atoms with Crippen LogP contribution in [0.4, 0.5) is 4.79 Å². The molecule has 9 nitrogen and oxygen atoms in total. The lowest BCUT2D eigenvalue weighted by Gasteiger charge is -2.19. The van der Waals surface area contributed by atoms with E-state index in [1.165, 1.54) is 0 Å². The van der Waals surface area contributed by atoms with E-state index in [9.17, 15) is 9.59 Å². The molecule has 0 spiro atoms. The highest BCUT2D eigenvalue weighted by Crippen LogP contribution is 2.20. The van der Waals surface area contributed by atoms with E-state index in [1.54, 1.807) is 16.0 Å². The van der Waals surface area contributed by atoms with Gasteiger partial charge in [-0.2, -0.15) is 0 Å². The van der Waals surface area contributed by atoms with Gasteiger partial charge in [-0.25, -0.2) is 4.79 Å². The summed E-state index contributed by atoms with van der Waals surface area (Å²) in [6.07, 6.45) is 2.31. The monoisotopic (exact) mass is 409 g/mol. The number of amides is 3. The summed E-state index contributed by atoms with van der Waals surface area (Å²) in [5, 5.41) is 6.76. The Morgan fingerprint density at radius 2 is 2.00 bits per heavy atom. The molecule has 0 radical (unpaired) electrons. The Morgan fingerprint density at radius 3 is 2.73 bits per heavy atom. The number of aliphatic imine (C=N–C) groups is 1. The van der Waals surface area contributed by atoms with Gasteiger partial charge in [0.05, 0.1) is 18.4 Å². The number of nitrogens with zero attached hydrogens (tertiary/aromatic N) is 4. The van der Waals surface area contributed by atoms with Crippen molar-refractivity contribution in [3.8, 4) is 0 Å². The van der Waals surface area contributed by atoms with Crippen LogP contribution in [0.1, 0.15) is 22.6 Å². The number of ether oxygens (including phenoxy) is 1. The van der Waals surface area contributed by atoms with Crippen molar-refractivity contribution in [2.24, 2.45) is 4.99 Å². The molecule has 0 aliphatic carbocycles. The van der Waals surface area contributed by atoms with Crippen LogP contribution in [-0.4, -0.2) is 52.6 Å². The molecule has 1 aromatic heterocycles. The summed E-state index contributed by atoms with van der Waals surface area (Å²) in [5.74, 6) is 0.485. The van der Waals surface area contributed by atoms with Gasteiger partial charge < -0.3 is 19.5 Å². The van der Waals surface area contributed by atoms with Gasteiger partial charge in [0.1, 0.15) is 5.76 Å². The topological polar surface area (TPSA) is 100 Å². The second-order valence-corrected chi connectivity index (χ2v) is 7.18. The zero-order valence-corrected chi connectivity index (χ0v) is 16.9. The molecule has 4 rings (SSSR count). The Morgan fingerprint density at radius 1 is 1.20 bits per heavy atom. The summed E-state index contributed by atoms with van der Waals surface area (Å²) >= 11 is 0. The molecule has 156 valence electrons. The van der Waals surface area contributed by atoms with Gasteiger partial charge in [-0.05, 0) is 25.8 Å². The van der Waals surface area contributed by atoms with Crippen LogP contribution in [-0.2, 0) is 22.5 Å². The van der Waals surface area contributed by atoms with Crippen LogP contribution < -0.4 is 5.32 Å². The van der Waals surface area contributed by atoms with Crippen molar-refractivity contribution >= 4 is 18.0 Å². The van der Waals surface area contributed by atoms with E-state index in [0.717, 1.165) is 23.2 Å². The van der Waals surface area contributed by atoms with Crippen molar-refractivity contribution in [2.45, 2.75) is 26.8 Å². The average molecular weight is 409 g/mol. The number of aryl methyl sites for hydroxylation is 2. The lowest BCUT2D eigenvalue weighted by molar-refractivity contribution is -0.119. The lowest BCUT2D eigenvalue weighted by atomic mass is 10.1. The molecule has 3 amide bonds. The fraction of sp³-hybridized carbons (Fsp3) is 0.333. The minimum atomic E-state index is -0.424. The summed E-state index contributed by atoms with van der Waals surface area (Å²) in [6.45, 7) is 5.40. The first kappa shape index (κ1) is 19.7. The van der Waals surface area contributed by atoms with Crippen molar-refractivity contribution in [1.82, 2.24) is 20.3 Å². The van der Waals surface area contributed by atoms with Crippen molar-refractivity contribution in [2.75, 3.05) is 19.6 Å². The molecule has 1 aromatic carbocycles. The minimum Gasteiger partial charge on any atom is -0.418 e. The van der Waals surface area contributed by atoms with Crippen LogP contribution in [0.25, 0.3) is 0 Å². The van der Waals surface area contributed by atoms with Gasteiger partial charge in [0.25, 0.3) is 5.91 Å². The number of fused-ring (bicyclic) bond motifs is 1. The molecule has 0 fully saturated rings. The molecule has 0 bridgehead atoms. The normalized spacial score (nSPS) is 15.9. The molecule has 2 aliphatic rings. The molecule has 9 heteroatoms. The maximum absolute atomic E-state index is 12.6. The molecule has 0 unspecified atom stereocenters. The lowest BCUT2D eigenvalue weighted by Crippen LogP contribution is -2.32. The number of hydrogen-bond donors (Lipinski definition) is 1. The molecule has 2 aromatic rings. The second-order valence-electron chi connectivity index (χ2n) is 7.18. The average Bonchev–Trinajstić information content (AvgIpc) is 3.24. The third-order valence-electron chi connectivity index (χ3n) is 5.09. The summed E-state index contributed by atoms with van der Waals surface area (Å²) in [6, 6.07) is 9.60. The molecule has 0 atom stereocenters. The smallest absolute Gasteiger partial charge is 0.348 e. The maximum Gasteiger partial charge on any atom is 0.348 e. The highest BCUT2D eigenvalue weighted by atomic mass is 16.5. The van der Waals surface area contributed by atoms with Crippen LogP contribution in [0, 0.1) is 13.8 Å². The van der Waals surface area contributed by atoms with E-state index >= 15 is 0 Å². The number of hydrogen-bond acceptors (Lipinski definition) is 6. The molecule has 0 saturated carbocycles. The number of carbonyl (C=O) groups excluding carboxylic acids is 2. The van der Waals surface area contributed by atoms with Gasteiger partial charge >= 0.3 is 12.1 Å². The fourth-order valence-electron chi connectivity index (χ4n) is 3.33.